The number of aromatic nitrogens is 1. The molecule has 0 aliphatic heterocycles. The average molecular weight is 342 g/mol. The maximum absolute atomic E-state index is 6.26. The first-order chi connectivity index (χ1) is 11.6. The quantitative estimate of drug-likeness (QED) is 0.559. The van der Waals surface area contributed by atoms with Gasteiger partial charge >= 0.3 is 0 Å². The summed E-state index contributed by atoms with van der Waals surface area (Å²) in [6.07, 6.45) is 2.18. The van der Waals surface area contributed by atoms with Gasteiger partial charge in [-0.25, -0.2) is 0 Å². The molecule has 1 atom stereocenters. The van der Waals surface area contributed by atoms with Gasteiger partial charge in [0.05, 0.1) is 7.11 Å². The maximum atomic E-state index is 6.26. The van der Waals surface area contributed by atoms with Gasteiger partial charge in [0.2, 0.25) is 0 Å². The lowest BCUT2D eigenvalue weighted by atomic mass is 9.92. The van der Waals surface area contributed by atoms with Crippen molar-refractivity contribution in [2.75, 3.05) is 7.11 Å². The third-order valence-electron chi connectivity index (χ3n) is 4.84. The van der Waals surface area contributed by atoms with Crippen molar-refractivity contribution in [2.24, 2.45) is 7.05 Å². The smallest absolute Gasteiger partial charge is 0.118 e. The van der Waals surface area contributed by atoms with E-state index in [1.54, 1.807) is 7.11 Å². The van der Waals surface area contributed by atoms with Gasteiger partial charge in [0.1, 0.15) is 5.75 Å². The minimum atomic E-state index is 0.314. The molecule has 1 heterocycles. The van der Waals surface area contributed by atoms with Crippen molar-refractivity contribution in [3.63, 3.8) is 0 Å². The first-order valence-corrected chi connectivity index (χ1v) is 8.85. The fraction of sp³-hybridized carbons (Fsp3) is 0.333. The van der Waals surface area contributed by atoms with Gasteiger partial charge in [-0.15, -0.1) is 0 Å². The zero-order valence-electron chi connectivity index (χ0n) is 14.8. The number of rotatable bonds is 5. The molecule has 0 fully saturated rings. The molecule has 0 saturated carbocycles. The number of nitrogens with zero attached hydrogens (tertiary/aromatic N) is 1. The third kappa shape index (κ3) is 2.91. The number of hydrogen-bond acceptors (Lipinski definition) is 1. The number of benzene rings is 2. The molecule has 0 radical (unpaired) electrons. The van der Waals surface area contributed by atoms with Crippen LogP contribution in [0.15, 0.2) is 42.5 Å². The third-order valence-corrected chi connectivity index (χ3v) is 5.08. The Kier molecular flexibility index (Phi) is 4.86. The second-order valence-electron chi connectivity index (χ2n) is 6.33. The number of hydrogen-bond donors (Lipinski definition) is 0. The Morgan fingerprint density at radius 1 is 1.12 bits per heavy atom. The summed E-state index contributed by atoms with van der Waals surface area (Å²) in [7, 11) is 3.86. The van der Waals surface area contributed by atoms with E-state index < -0.39 is 0 Å². The molecule has 0 N–H and O–H groups in total. The lowest BCUT2D eigenvalue weighted by Crippen LogP contribution is -2.06. The standard InChI is InChI=1S/C21H24ClNO/c1-5-6-18-19-13-16(22)9-12-20(19)23(3)21(18)14(2)15-7-10-17(24-4)11-8-15/h7-14H,5-6H2,1-4H3. The average Bonchev–Trinajstić information content (AvgIpc) is 2.86. The Labute approximate surface area is 149 Å². The van der Waals surface area contributed by atoms with E-state index in [0.29, 0.717) is 5.92 Å². The van der Waals surface area contributed by atoms with Crippen LogP contribution in [0.5, 0.6) is 5.75 Å². The van der Waals surface area contributed by atoms with Crippen LogP contribution in [0.25, 0.3) is 10.9 Å². The van der Waals surface area contributed by atoms with Gasteiger partial charge < -0.3 is 9.30 Å². The minimum Gasteiger partial charge on any atom is -0.497 e. The Morgan fingerprint density at radius 2 is 1.83 bits per heavy atom. The fourth-order valence-corrected chi connectivity index (χ4v) is 3.80. The highest BCUT2D eigenvalue weighted by Gasteiger charge is 2.21. The number of methoxy groups -OCH3 is 1. The molecule has 1 aromatic heterocycles. The summed E-state index contributed by atoms with van der Waals surface area (Å²) >= 11 is 6.26. The van der Waals surface area contributed by atoms with E-state index in [-0.39, 0.29) is 0 Å². The summed E-state index contributed by atoms with van der Waals surface area (Å²) in [4.78, 5) is 0. The number of fused-ring (bicyclic) bond motifs is 1. The lowest BCUT2D eigenvalue weighted by molar-refractivity contribution is 0.414. The molecule has 2 nitrogen and oxygen atoms in total. The minimum absolute atomic E-state index is 0.314. The van der Waals surface area contributed by atoms with Gasteiger partial charge in [-0.1, -0.05) is 44.0 Å². The molecule has 3 rings (SSSR count). The SMILES string of the molecule is CCCc1c(C(C)c2ccc(OC)cc2)n(C)c2ccc(Cl)cc12. The van der Waals surface area contributed by atoms with E-state index in [9.17, 15) is 0 Å². The van der Waals surface area contributed by atoms with Crippen molar-refractivity contribution < 1.29 is 4.74 Å². The van der Waals surface area contributed by atoms with Crippen LogP contribution in [0.1, 0.15) is 43.0 Å². The van der Waals surface area contributed by atoms with Crippen molar-refractivity contribution >= 4 is 22.5 Å². The van der Waals surface area contributed by atoms with Crippen molar-refractivity contribution in [1.29, 1.82) is 0 Å². The molecule has 0 saturated heterocycles. The zero-order chi connectivity index (χ0) is 17.3. The van der Waals surface area contributed by atoms with Crippen LogP contribution in [0, 0.1) is 0 Å². The largest absolute Gasteiger partial charge is 0.497 e. The van der Waals surface area contributed by atoms with Gasteiger partial charge in [0.25, 0.3) is 0 Å². The van der Waals surface area contributed by atoms with Crippen molar-refractivity contribution in [2.45, 2.75) is 32.6 Å². The highest BCUT2D eigenvalue weighted by atomic mass is 35.5. The van der Waals surface area contributed by atoms with Crippen molar-refractivity contribution in [1.82, 2.24) is 4.57 Å². The van der Waals surface area contributed by atoms with Crippen molar-refractivity contribution in [3.8, 4) is 5.75 Å². The van der Waals surface area contributed by atoms with Gasteiger partial charge in [-0.3, -0.25) is 0 Å². The molecule has 1 unspecified atom stereocenters. The summed E-state index contributed by atoms with van der Waals surface area (Å²) in [5.74, 6) is 1.21. The van der Waals surface area contributed by atoms with E-state index in [0.717, 1.165) is 23.6 Å². The lowest BCUT2D eigenvalue weighted by Gasteiger charge is -2.17. The van der Waals surface area contributed by atoms with E-state index in [2.05, 4.69) is 49.7 Å². The first-order valence-electron chi connectivity index (χ1n) is 8.47. The number of ether oxygens (including phenoxy) is 1. The molecule has 3 heteroatoms. The van der Waals surface area contributed by atoms with Crippen molar-refractivity contribution in [3.05, 3.63) is 64.3 Å². The van der Waals surface area contributed by atoms with Crippen LogP contribution in [0.4, 0.5) is 0 Å². The molecule has 0 amide bonds. The molecule has 24 heavy (non-hydrogen) atoms. The molecule has 126 valence electrons. The second kappa shape index (κ2) is 6.90. The Bertz CT molecular complexity index is 848. The van der Waals surface area contributed by atoms with Crippen LogP contribution in [0.3, 0.4) is 0 Å². The van der Waals surface area contributed by atoms with Crippen LogP contribution < -0.4 is 4.74 Å². The van der Waals surface area contributed by atoms with Crippen LogP contribution in [-0.2, 0) is 13.5 Å². The van der Waals surface area contributed by atoms with Crippen LogP contribution in [0.2, 0.25) is 5.02 Å². The highest BCUT2D eigenvalue weighted by Crippen LogP contribution is 2.36. The molecule has 0 aliphatic rings. The summed E-state index contributed by atoms with van der Waals surface area (Å²) in [6.45, 7) is 4.50. The summed E-state index contributed by atoms with van der Waals surface area (Å²) in [5.41, 5.74) is 5.34. The zero-order valence-corrected chi connectivity index (χ0v) is 15.5. The molecule has 0 aliphatic carbocycles. The molecular formula is C21H24ClNO. The van der Waals surface area contributed by atoms with Gasteiger partial charge in [0, 0.05) is 34.6 Å². The van der Waals surface area contributed by atoms with E-state index in [1.807, 2.05) is 18.2 Å². The fourth-order valence-electron chi connectivity index (χ4n) is 3.63. The molecule has 3 aromatic rings. The Balaban J connectivity index is 2.15. The van der Waals surface area contributed by atoms with Gasteiger partial charge in [-0.2, -0.15) is 0 Å². The van der Waals surface area contributed by atoms with E-state index in [1.165, 1.54) is 27.7 Å². The first kappa shape index (κ1) is 16.9. The number of halogens is 1. The molecular weight excluding hydrogens is 318 g/mol. The summed E-state index contributed by atoms with van der Waals surface area (Å²) in [5, 5.41) is 2.08. The molecule has 0 bridgehead atoms. The predicted octanol–water partition coefficient (Wildman–Crippen LogP) is 5.94. The highest BCUT2D eigenvalue weighted by molar-refractivity contribution is 6.31. The second-order valence-corrected chi connectivity index (χ2v) is 6.77. The topological polar surface area (TPSA) is 14.2 Å². The molecule has 2 aromatic carbocycles. The number of aryl methyl sites for hydroxylation is 2. The molecule has 0 spiro atoms. The normalized spacial score (nSPS) is 12.5. The summed E-state index contributed by atoms with van der Waals surface area (Å²) in [6, 6.07) is 14.6. The Hall–Kier alpha value is -1.93. The van der Waals surface area contributed by atoms with Crippen LogP contribution in [-0.4, -0.2) is 11.7 Å². The monoisotopic (exact) mass is 341 g/mol. The van der Waals surface area contributed by atoms with E-state index >= 15 is 0 Å². The van der Waals surface area contributed by atoms with Gasteiger partial charge in [0.15, 0.2) is 0 Å². The van der Waals surface area contributed by atoms with Gasteiger partial charge in [-0.05, 0) is 47.9 Å². The maximum Gasteiger partial charge on any atom is 0.118 e. The van der Waals surface area contributed by atoms with E-state index in [4.69, 9.17) is 16.3 Å². The predicted molar refractivity (Wildman–Crippen MR) is 102 cm³/mol. The van der Waals surface area contributed by atoms with Crippen LogP contribution >= 0.6 is 11.6 Å². The summed E-state index contributed by atoms with van der Waals surface area (Å²) < 4.78 is 7.61. The Morgan fingerprint density at radius 3 is 2.46 bits per heavy atom.